The summed E-state index contributed by atoms with van der Waals surface area (Å²) >= 11 is 0. The van der Waals surface area contributed by atoms with Gasteiger partial charge in [0, 0.05) is 5.56 Å². The number of aryl methyl sites for hydroxylation is 1. The number of hydrogen-bond acceptors (Lipinski definition) is 1. The number of benzene rings is 1. The van der Waals surface area contributed by atoms with Crippen molar-refractivity contribution < 1.29 is 31.1 Å². The molecule has 1 rings (SSSR count). The summed E-state index contributed by atoms with van der Waals surface area (Å²) in [6, 6.07) is 0.571. The third-order valence-electron chi connectivity index (χ3n) is 2.59. The van der Waals surface area contributed by atoms with E-state index in [2.05, 4.69) is 0 Å². The summed E-state index contributed by atoms with van der Waals surface area (Å²) in [5.41, 5.74) is -3.88. The maximum Gasteiger partial charge on any atom is 0.417 e. The zero-order chi connectivity index (χ0) is 15.0. The van der Waals surface area contributed by atoms with Gasteiger partial charge in [-0.05, 0) is 31.0 Å². The molecule has 0 radical (unpaired) electrons. The lowest BCUT2D eigenvalue weighted by atomic mass is 9.93. The van der Waals surface area contributed by atoms with E-state index in [4.69, 9.17) is 0 Å². The summed E-state index contributed by atoms with van der Waals surface area (Å²) in [7, 11) is 0. The van der Waals surface area contributed by atoms with Crippen LogP contribution in [-0.4, -0.2) is 5.78 Å². The molecular formula is C12H10F6O. The molecule has 0 aliphatic carbocycles. The summed E-state index contributed by atoms with van der Waals surface area (Å²) in [6.07, 6.45) is -9.99. The Kier molecular flexibility index (Phi) is 3.97. The molecule has 0 fully saturated rings. The van der Waals surface area contributed by atoms with Crippen molar-refractivity contribution in [3.8, 4) is 0 Å². The molecule has 0 atom stereocenters. The van der Waals surface area contributed by atoms with Crippen LogP contribution in [0.4, 0.5) is 26.3 Å². The fraction of sp³-hybridized carbons (Fsp3) is 0.417. The number of rotatable bonds is 2. The van der Waals surface area contributed by atoms with Gasteiger partial charge in [0.2, 0.25) is 0 Å². The van der Waals surface area contributed by atoms with E-state index in [0.29, 0.717) is 6.07 Å². The highest BCUT2D eigenvalue weighted by Crippen LogP contribution is 2.39. The third kappa shape index (κ3) is 3.27. The summed E-state index contributed by atoms with van der Waals surface area (Å²) in [6.45, 7) is 2.29. The predicted octanol–water partition coefficient (Wildman–Crippen LogP) is 4.49. The van der Waals surface area contributed by atoms with Gasteiger partial charge in [0.25, 0.3) is 0 Å². The molecule has 1 aromatic rings. The van der Waals surface area contributed by atoms with Crippen molar-refractivity contribution >= 4 is 5.78 Å². The molecular weight excluding hydrogens is 274 g/mol. The minimum Gasteiger partial charge on any atom is -0.294 e. The van der Waals surface area contributed by atoms with Crippen molar-refractivity contribution in [3.63, 3.8) is 0 Å². The van der Waals surface area contributed by atoms with E-state index in [1.807, 2.05) is 0 Å². The molecule has 0 spiro atoms. The highest BCUT2D eigenvalue weighted by atomic mass is 19.4. The average molecular weight is 284 g/mol. The van der Waals surface area contributed by atoms with Crippen molar-refractivity contribution in [2.24, 2.45) is 0 Å². The van der Waals surface area contributed by atoms with Crippen LogP contribution in [0.15, 0.2) is 12.1 Å². The van der Waals surface area contributed by atoms with Gasteiger partial charge in [-0.3, -0.25) is 4.79 Å². The summed E-state index contributed by atoms with van der Waals surface area (Å²) < 4.78 is 76.0. The molecule has 0 saturated heterocycles. The Hall–Kier alpha value is -1.53. The molecule has 0 N–H and O–H groups in total. The van der Waals surface area contributed by atoms with Crippen LogP contribution < -0.4 is 0 Å². The first-order valence-corrected chi connectivity index (χ1v) is 5.30. The van der Waals surface area contributed by atoms with E-state index in [9.17, 15) is 31.1 Å². The summed E-state index contributed by atoms with van der Waals surface area (Å²) in [5, 5.41) is 0. The zero-order valence-electron chi connectivity index (χ0n) is 10.0. The molecule has 0 aromatic heterocycles. The SMILES string of the molecule is CCc1cc(C(F)(F)F)cc(C(F)(F)F)c1C(C)=O. The Bertz CT molecular complexity index is 498. The Morgan fingerprint density at radius 2 is 1.58 bits per heavy atom. The monoisotopic (exact) mass is 284 g/mol. The van der Waals surface area contributed by atoms with E-state index in [-0.39, 0.29) is 18.1 Å². The van der Waals surface area contributed by atoms with Crippen LogP contribution in [0.25, 0.3) is 0 Å². The molecule has 1 nitrogen and oxygen atoms in total. The lowest BCUT2D eigenvalue weighted by Crippen LogP contribution is -2.17. The maximum absolute atomic E-state index is 12.8. The lowest BCUT2D eigenvalue weighted by Gasteiger charge is -2.18. The number of hydrogen-bond donors (Lipinski definition) is 0. The van der Waals surface area contributed by atoms with Crippen LogP contribution >= 0.6 is 0 Å². The number of carbonyl (C=O) groups excluding carboxylic acids is 1. The molecule has 0 heterocycles. The molecule has 0 bridgehead atoms. The van der Waals surface area contributed by atoms with Crippen molar-refractivity contribution in [1.29, 1.82) is 0 Å². The lowest BCUT2D eigenvalue weighted by molar-refractivity contribution is -0.143. The van der Waals surface area contributed by atoms with Crippen LogP contribution in [0.1, 0.15) is 40.9 Å². The van der Waals surface area contributed by atoms with E-state index in [0.717, 1.165) is 6.92 Å². The van der Waals surface area contributed by atoms with Gasteiger partial charge in [0.1, 0.15) is 0 Å². The normalized spacial score (nSPS) is 12.6. The van der Waals surface area contributed by atoms with Gasteiger partial charge in [-0.25, -0.2) is 0 Å². The fourth-order valence-corrected chi connectivity index (χ4v) is 1.78. The quantitative estimate of drug-likeness (QED) is 0.577. The number of Topliss-reactive ketones (excluding diaryl/α,β-unsaturated/α-hetero) is 1. The minimum absolute atomic E-state index is 0.0180. The highest BCUT2D eigenvalue weighted by Gasteiger charge is 2.40. The van der Waals surface area contributed by atoms with E-state index in [1.165, 1.54) is 6.92 Å². The smallest absolute Gasteiger partial charge is 0.294 e. The number of carbonyl (C=O) groups is 1. The first-order valence-electron chi connectivity index (χ1n) is 5.30. The van der Waals surface area contributed by atoms with Crippen LogP contribution in [0.2, 0.25) is 0 Å². The number of halogens is 6. The zero-order valence-corrected chi connectivity index (χ0v) is 10.0. The Balaban J connectivity index is 3.70. The molecule has 0 aliphatic rings. The van der Waals surface area contributed by atoms with Crippen molar-refractivity contribution in [1.82, 2.24) is 0 Å². The third-order valence-corrected chi connectivity index (χ3v) is 2.59. The molecule has 0 saturated carbocycles. The second kappa shape index (κ2) is 4.86. The molecule has 1 aromatic carbocycles. The van der Waals surface area contributed by atoms with Crippen molar-refractivity contribution in [2.75, 3.05) is 0 Å². The maximum atomic E-state index is 12.8. The second-order valence-electron chi connectivity index (χ2n) is 3.96. The topological polar surface area (TPSA) is 17.1 Å². The summed E-state index contributed by atoms with van der Waals surface area (Å²) in [5.74, 6) is -0.905. The van der Waals surface area contributed by atoms with Crippen molar-refractivity contribution in [2.45, 2.75) is 32.6 Å². The van der Waals surface area contributed by atoms with Crippen LogP contribution in [0.5, 0.6) is 0 Å². The first kappa shape index (κ1) is 15.5. The van der Waals surface area contributed by atoms with E-state index in [1.54, 1.807) is 0 Å². The largest absolute Gasteiger partial charge is 0.417 e. The molecule has 0 unspecified atom stereocenters. The van der Waals surface area contributed by atoms with E-state index < -0.39 is 34.8 Å². The van der Waals surface area contributed by atoms with Gasteiger partial charge in [-0.2, -0.15) is 26.3 Å². The standard InChI is InChI=1S/C12H10F6O/c1-3-7-4-8(11(13,14)15)5-9(12(16,17)18)10(7)6(2)19/h4-5H,3H2,1-2H3. The Labute approximate surface area is 105 Å². The molecule has 19 heavy (non-hydrogen) atoms. The van der Waals surface area contributed by atoms with Gasteiger partial charge < -0.3 is 0 Å². The number of alkyl halides is 6. The fourth-order valence-electron chi connectivity index (χ4n) is 1.78. The molecule has 0 aliphatic heterocycles. The van der Waals surface area contributed by atoms with Crippen molar-refractivity contribution in [3.05, 3.63) is 34.4 Å². The second-order valence-corrected chi connectivity index (χ2v) is 3.96. The first-order chi connectivity index (χ1) is 8.48. The van der Waals surface area contributed by atoms with Crippen LogP contribution in [0.3, 0.4) is 0 Å². The number of ketones is 1. The van der Waals surface area contributed by atoms with Crippen LogP contribution in [-0.2, 0) is 18.8 Å². The molecule has 7 heteroatoms. The van der Waals surface area contributed by atoms with Crippen LogP contribution in [0, 0.1) is 0 Å². The molecule has 106 valence electrons. The van der Waals surface area contributed by atoms with Gasteiger partial charge in [0.15, 0.2) is 5.78 Å². The molecule has 0 amide bonds. The highest BCUT2D eigenvalue weighted by molar-refractivity contribution is 5.97. The van der Waals surface area contributed by atoms with E-state index >= 15 is 0 Å². The van der Waals surface area contributed by atoms with Gasteiger partial charge in [0.05, 0.1) is 11.1 Å². The Morgan fingerprint density at radius 1 is 1.05 bits per heavy atom. The van der Waals surface area contributed by atoms with Gasteiger partial charge >= 0.3 is 12.4 Å². The average Bonchev–Trinajstić information content (AvgIpc) is 2.24. The minimum atomic E-state index is -5.01. The van der Waals surface area contributed by atoms with Gasteiger partial charge in [-0.15, -0.1) is 0 Å². The Morgan fingerprint density at radius 3 is 1.89 bits per heavy atom. The predicted molar refractivity (Wildman–Crippen MR) is 55.8 cm³/mol. The van der Waals surface area contributed by atoms with Gasteiger partial charge in [-0.1, -0.05) is 6.92 Å². The summed E-state index contributed by atoms with van der Waals surface area (Å²) in [4.78, 5) is 11.3.